The fourth-order valence-electron chi connectivity index (χ4n) is 1.76. The second-order valence-electron chi connectivity index (χ2n) is 4.16. The Morgan fingerprint density at radius 1 is 1.43 bits per heavy atom. The first-order chi connectivity index (χ1) is 9.87. The van der Waals surface area contributed by atoms with Gasteiger partial charge in [-0.3, -0.25) is 4.72 Å². The minimum atomic E-state index is -3.83. The van der Waals surface area contributed by atoms with Gasteiger partial charge in [0.25, 0.3) is 10.0 Å². The number of hydrogen-bond acceptors (Lipinski definition) is 7. The van der Waals surface area contributed by atoms with Gasteiger partial charge in [-0.25, -0.2) is 9.67 Å². The maximum atomic E-state index is 12.3. The molecule has 21 heavy (non-hydrogen) atoms. The number of fused-ring (bicyclic) bond motifs is 1. The number of sulfonamides is 1. The number of nitrogen functional groups attached to an aromatic ring is 1. The van der Waals surface area contributed by atoms with Gasteiger partial charge >= 0.3 is 0 Å². The number of benzene rings is 1. The molecule has 0 aliphatic rings. The molecular weight excluding hydrogens is 380 g/mol. The smallest absolute Gasteiger partial charge is 0.283 e. The molecule has 110 valence electrons. The normalized spacial score (nSPS) is 11.9. The highest BCUT2D eigenvalue weighted by molar-refractivity contribution is 9.10. The second kappa shape index (κ2) is 4.93. The maximum Gasteiger partial charge on any atom is 0.283 e. The predicted octanol–water partition coefficient (Wildman–Crippen LogP) is 1.57. The minimum Gasteiger partial charge on any atom is -0.399 e. The summed E-state index contributed by atoms with van der Waals surface area (Å²) in [7, 11) is -2.34. The molecule has 0 amide bonds. The van der Waals surface area contributed by atoms with Gasteiger partial charge in [-0.2, -0.15) is 8.42 Å². The maximum absolute atomic E-state index is 12.3. The van der Waals surface area contributed by atoms with Crippen molar-refractivity contribution in [3.8, 4) is 0 Å². The van der Waals surface area contributed by atoms with E-state index >= 15 is 0 Å². The van der Waals surface area contributed by atoms with Crippen molar-refractivity contribution in [2.75, 3.05) is 10.5 Å². The first-order valence-corrected chi connectivity index (χ1v) is 8.70. The summed E-state index contributed by atoms with van der Waals surface area (Å²) in [6.07, 6.45) is 0. The lowest BCUT2D eigenvalue weighted by molar-refractivity contribution is 0.578. The number of nitrogens with two attached hydrogens (primary N) is 1. The minimum absolute atomic E-state index is 0.0683. The Hall–Kier alpha value is -1.72. The van der Waals surface area contributed by atoms with Crippen molar-refractivity contribution in [1.29, 1.82) is 0 Å². The van der Waals surface area contributed by atoms with Gasteiger partial charge in [0, 0.05) is 12.7 Å². The Kier molecular flexibility index (Phi) is 3.34. The Bertz CT molecular complexity index is 913. The fourth-order valence-corrected chi connectivity index (χ4v) is 5.00. The average Bonchev–Trinajstić information content (AvgIpc) is 2.91. The summed E-state index contributed by atoms with van der Waals surface area (Å²) in [5, 5.41) is 7.49. The number of halogens is 1. The van der Waals surface area contributed by atoms with Gasteiger partial charge in [0.05, 0.1) is 10.2 Å². The quantitative estimate of drug-likeness (QED) is 0.657. The summed E-state index contributed by atoms with van der Waals surface area (Å²) in [6.45, 7) is 0. The zero-order valence-corrected chi connectivity index (χ0v) is 13.8. The third kappa shape index (κ3) is 2.59. The van der Waals surface area contributed by atoms with E-state index in [-0.39, 0.29) is 14.8 Å². The van der Waals surface area contributed by atoms with Gasteiger partial charge in [-0.15, -0.1) is 5.10 Å². The van der Waals surface area contributed by atoms with Crippen molar-refractivity contribution >= 4 is 58.3 Å². The molecule has 2 heterocycles. The number of rotatable bonds is 3. The Balaban J connectivity index is 2.01. The first kappa shape index (κ1) is 14.2. The summed E-state index contributed by atoms with van der Waals surface area (Å²) in [4.78, 5) is 4.22. The van der Waals surface area contributed by atoms with Crippen LogP contribution in [0, 0.1) is 0 Å². The van der Waals surface area contributed by atoms with Crippen LogP contribution >= 0.6 is 27.3 Å². The van der Waals surface area contributed by atoms with E-state index in [0.717, 1.165) is 9.38 Å². The molecule has 0 bridgehead atoms. The molecule has 2 aromatic heterocycles. The monoisotopic (exact) mass is 388 g/mol. The first-order valence-electron chi connectivity index (χ1n) is 5.61. The number of hydrogen-bond donors (Lipinski definition) is 2. The standard InChI is InChI=1S/C10H9BrN6O2S2/c1-17-9(8(11)14-16-17)21(18,19)15-10-13-6-3-2-5(12)4-7(6)20-10/h2-4H,12H2,1H3,(H,13,15). The molecule has 0 radical (unpaired) electrons. The van der Waals surface area contributed by atoms with Crippen LogP contribution in [0.15, 0.2) is 27.8 Å². The highest BCUT2D eigenvalue weighted by Gasteiger charge is 2.25. The lowest BCUT2D eigenvalue weighted by atomic mass is 10.3. The van der Waals surface area contributed by atoms with Crippen molar-refractivity contribution in [2.45, 2.75) is 5.03 Å². The number of aromatic nitrogens is 4. The van der Waals surface area contributed by atoms with Gasteiger partial charge in [0.2, 0.25) is 5.03 Å². The summed E-state index contributed by atoms with van der Waals surface area (Å²) in [6, 6.07) is 5.19. The van der Waals surface area contributed by atoms with E-state index in [2.05, 4.69) is 35.9 Å². The van der Waals surface area contributed by atoms with Crippen molar-refractivity contribution < 1.29 is 8.42 Å². The van der Waals surface area contributed by atoms with E-state index < -0.39 is 10.0 Å². The van der Waals surface area contributed by atoms with Crippen LogP contribution < -0.4 is 10.5 Å². The largest absolute Gasteiger partial charge is 0.399 e. The van der Waals surface area contributed by atoms with Gasteiger partial charge in [-0.05, 0) is 34.1 Å². The molecule has 0 saturated heterocycles. The second-order valence-corrected chi connectivity index (χ2v) is 7.54. The van der Waals surface area contributed by atoms with E-state index in [4.69, 9.17) is 5.73 Å². The number of nitrogens with one attached hydrogen (secondary N) is 1. The summed E-state index contributed by atoms with van der Waals surface area (Å²) >= 11 is 4.26. The highest BCUT2D eigenvalue weighted by atomic mass is 79.9. The third-order valence-electron chi connectivity index (χ3n) is 2.63. The van der Waals surface area contributed by atoms with Gasteiger partial charge < -0.3 is 5.73 Å². The topological polar surface area (TPSA) is 116 Å². The van der Waals surface area contributed by atoms with Crippen LogP contribution in [0.1, 0.15) is 0 Å². The Morgan fingerprint density at radius 3 is 2.86 bits per heavy atom. The molecule has 8 nitrogen and oxygen atoms in total. The molecule has 0 aliphatic heterocycles. The summed E-state index contributed by atoms with van der Waals surface area (Å²) in [5.41, 5.74) is 6.96. The molecule has 0 aliphatic carbocycles. The Morgan fingerprint density at radius 2 is 2.19 bits per heavy atom. The molecule has 0 saturated carbocycles. The van der Waals surface area contributed by atoms with E-state index in [0.29, 0.717) is 11.2 Å². The van der Waals surface area contributed by atoms with Gasteiger partial charge in [-0.1, -0.05) is 16.6 Å². The third-order valence-corrected chi connectivity index (χ3v) is 5.91. The van der Waals surface area contributed by atoms with Crippen molar-refractivity contribution in [2.24, 2.45) is 7.05 Å². The lowest BCUT2D eigenvalue weighted by Gasteiger charge is -2.04. The summed E-state index contributed by atoms with van der Waals surface area (Å²) < 4.78 is 29.2. The van der Waals surface area contributed by atoms with Crippen LogP contribution in [0.5, 0.6) is 0 Å². The molecule has 3 aromatic rings. The predicted molar refractivity (Wildman–Crippen MR) is 83.5 cm³/mol. The van der Waals surface area contributed by atoms with Crippen LogP contribution in [0.25, 0.3) is 10.2 Å². The molecule has 0 fully saturated rings. The molecule has 11 heteroatoms. The van der Waals surface area contributed by atoms with E-state index in [1.165, 1.54) is 18.4 Å². The van der Waals surface area contributed by atoms with E-state index in [1.54, 1.807) is 18.2 Å². The van der Waals surface area contributed by atoms with Crippen LogP contribution in [0.2, 0.25) is 0 Å². The van der Waals surface area contributed by atoms with Crippen LogP contribution in [-0.2, 0) is 17.1 Å². The SMILES string of the molecule is Cn1nnc(Br)c1S(=O)(=O)Nc1nc2ccc(N)cc2s1. The van der Waals surface area contributed by atoms with Crippen molar-refractivity contribution in [3.63, 3.8) is 0 Å². The van der Waals surface area contributed by atoms with Crippen LogP contribution in [0.3, 0.4) is 0 Å². The number of thiazole rings is 1. The van der Waals surface area contributed by atoms with Crippen molar-refractivity contribution in [3.05, 3.63) is 22.8 Å². The number of nitrogens with zero attached hydrogens (tertiary/aromatic N) is 4. The number of aryl methyl sites for hydroxylation is 1. The van der Waals surface area contributed by atoms with E-state index in [1.807, 2.05) is 0 Å². The van der Waals surface area contributed by atoms with Gasteiger partial charge in [0.15, 0.2) is 9.73 Å². The molecule has 0 unspecified atom stereocenters. The highest BCUT2D eigenvalue weighted by Crippen LogP contribution is 2.29. The lowest BCUT2D eigenvalue weighted by Crippen LogP contribution is -2.17. The summed E-state index contributed by atoms with van der Waals surface area (Å²) in [5.74, 6) is 0. The molecular formula is C10H9BrN6O2S2. The average molecular weight is 389 g/mol. The zero-order chi connectivity index (χ0) is 15.2. The molecule has 3 N–H and O–H groups in total. The molecule has 0 atom stereocenters. The van der Waals surface area contributed by atoms with Crippen LogP contribution in [-0.4, -0.2) is 28.4 Å². The van der Waals surface area contributed by atoms with Crippen LogP contribution in [0.4, 0.5) is 10.8 Å². The zero-order valence-electron chi connectivity index (χ0n) is 10.6. The van der Waals surface area contributed by atoms with Crippen molar-refractivity contribution in [1.82, 2.24) is 20.0 Å². The fraction of sp³-hybridized carbons (Fsp3) is 0.100. The van der Waals surface area contributed by atoms with E-state index in [9.17, 15) is 8.42 Å². The number of anilines is 2. The molecule has 0 spiro atoms. The molecule has 1 aromatic carbocycles. The Labute approximate surface area is 132 Å². The van der Waals surface area contributed by atoms with Gasteiger partial charge in [0.1, 0.15) is 0 Å². The molecule has 3 rings (SSSR count).